The summed E-state index contributed by atoms with van der Waals surface area (Å²) < 4.78 is 0. The minimum absolute atomic E-state index is 0.292. The molecule has 3 rings (SSSR count). The minimum Gasteiger partial charge on any atom is -0.478 e. The first-order valence-electron chi connectivity index (χ1n) is 7.05. The average Bonchev–Trinajstić information content (AvgIpc) is 2.46. The van der Waals surface area contributed by atoms with E-state index in [0.717, 1.165) is 29.7 Å². The van der Waals surface area contributed by atoms with Gasteiger partial charge in [0, 0.05) is 29.9 Å². The lowest BCUT2D eigenvalue weighted by atomic mass is 10.1. The Morgan fingerprint density at radius 1 is 1.20 bits per heavy atom. The van der Waals surface area contributed by atoms with Gasteiger partial charge in [0.1, 0.15) is 0 Å². The summed E-state index contributed by atoms with van der Waals surface area (Å²) in [5.74, 6) is -0.908. The van der Waals surface area contributed by atoms with E-state index in [4.69, 9.17) is 5.11 Å². The quantitative estimate of drug-likeness (QED) is 0.910. The first kappa shape index (κ1) is 12.9. The molecule has 1 aromatic carbocycles. The number of carboxylic acids is 1. The molecule has 20 heavy (non-hydrogen) atoms. The molecule has 0 bridgehead atoms. The first-order chi connectivity index (χ1) is 9.65. The van der Waals surface area contributed by atoms with Crippen molar-refractivity contribution in [1.82, 2.24) is 4.98 Å². The second-order valence-electron chi connectivity index (χ2n) is 5.37. The number of hydrogen-bond acceptors (Lipinski definition) is 3. The molecule has 0 atom stereocenters. The van der Waals surface area contributed by atoms with Crippen molar-refractivity contribution in [2.75, 3.05) is 18.0 Å². The fourth-order valence-electron chi connectivity index (χ4n) is 2.87. The van der Waals surface area contributed by atoms with E-state index in [0.29, 0.717) is 5.56 Å². The van der Waals surface area contributed by atoms with Crippen molar-refractivity contribution < 1.29 is 9.90 Å². The van der Waals surface area contributed by atoms with Crippen molar-refractivity contribution in [3.05, 3.63) is 35.5 Å². The summed E-state index contributed by atoms with van der Waals surface area (Å²) in [6.07, 6.45) is 3.73. The minimum atomic E-state index is -0.908. The van der Waals surface area contributed by atoms with Gasteiger partial charge in [0.2, 0.25) is 0 Å². The number of carbonyl (C=O) groups is 1. The van der Waals surface area contributed by atoms with E-state index < -0.39 is 5.97 Å². The molecule has 2 heterocycles. The first-order valence-corrected chi connectivity index (χ1v) is 7.05. The highest BCUT2D eigenvalue weighted by Crippen LogP contribution is 2.29. The van der Waals surface area contributed by atoms with Crippen LogP contribution in [0.15, 0.2) is 24.3 Å². The van der Waals surface area contributed by atoms with E-state index in [-0.39, 0.29) is 0 Å². The molecule has 0 spiro atoms. The van der Waals surface area contributed by atoms with Gasteiger partial charge < -0.3 is 10.0 Å². The summed E-state index contributed by atoms with van der Waals surface area (Å²) in [4.78, 5) is 18.0. The highest BCUT2D eigenvalue weighted by Gasteiger charge is 2.15. The third-order valence-corrected chi connectivity index (χ3v) is 3.86. The molecule has 0 radical (unpaired) electrons. The lowest BCUT2D eigenvalue weighted by molar-refractivity contribution is 0.0697. The highest BCUT2D eigenvalue weighted by molar-refractivity contribution is 5.97. The predicted octanol–water partition coefficient (Wildman–Crippen LogP) is 3.23. The van der Waals surface area contributed by atoms with Crippen LogP contribution in [-0.4, -0.2) is 29.1 Å². The van der Waals surface area contributed by atoms with Crippen LogP contribution in [0.25, 0.3) is 10.9 Å². The third-order valence-electron chi connectivity index (χ3n) is 3.86. The van der Waals surface area contributed by atoms with E-state index >= 15 is 0 Å². The van der Waals surface area contributed by atoms with Gasteiger partial charge in [-0.3, -0.25) is 4.98 Å². The number of aromatic nitrogens is 1. The van der Waals surface area contributed by atoms with E-state index in [2.05, 4.69) is 16.0 Å². The number of pyridine rings is 1. The van der Waals surface area contributed by atoms with Gasteiger partial charge in [0.15, 0.2) is 0 Å². The Hall–Kier alpha value is -2.10. The topological polar surface area (TPSA) is 53.4 Å². The van der Waals surface area contributed by atoms with Gasteiger partial charge in [-0.2, -0.15) is 0 Å². The second kappa shape index (κ2) is 5.12. The number of hydrogen-bond donors (Lipinski definition) is 1. The summed E-state index contributed by atoms with van der Waals surface area (Å²) in [5.41, 5.74) is 3.18. The Kier molecular flexibility index (Phi) is 3.30. The van der Waals surface area contributed by atoms with Crippen LogP contribution in [-0.2, 0) is 0 Å². The normalized spacial score (nSPS) is 15.6. The number of aromatic carboxylic acids is 1. The monoisotopic (exact) mass is 270 g/mol. The third kappa shape index (κ3) is 2.33. The Morgan fingerprint density at radius 2 is 1.95 bits per heavy atom. The van der Waals surface area contributed by atoms with Crippen molar-refractivity contribution in [2.24, 2.45) is 0 Å². The van der Waals surface area contributed by atoms with Crippen molar-refractivity contribution >= 4 is 22.6 Å². The lowest BCUT2D eigenvalue weighted by Gasteiger charge is -2.30. The number of rotatable bonds is 2. The van der Waals surface area contributed by atoms with Gasteiger partial charge in [-0.05, 0) is 50.5 Å². The Morgan fingerprint density at radius 3 is 2.65 bits per heavy atom. The van der Waals surface area contributed by atoms with Crippen LogP contribution in [0, 0.1) is 6.92 Å². The van der Waals surface area contributed by atoms with E-state index in [1.165, 1.54) is 24.9 Å². The molecule has 4 heteroatoms. The van der Waals surface area contributed by atoms with E-state index in [1.807, 2.05) is 13.0 Å². The van der Waals surface area contributed by atoms with Gasteiger partial charge in [0.05, 0.1) is 11.1 Å². The van der Waals surface area contributed by atoms with Crippen LogP contribution < -0.4 is 4.90 Å². The highest BCUT2D eigenvalue weighted by atomic mass is 16.4. The molecule has 1 aromatic heterocycles. The summed E-state index contributed by atoms with van der Waals surface area (Å²) in [6, 6.07) is 7.32. The number of carboxylic acid groups (broad SMARTS) is 1. The number of aryl methyl sites for hydroxylation is 1. The zero-order chi connectivity index (χ0) is 14.1. The number of nitrogens with zero attached hydrogens (tertiary/aromatic N) is 2. The van der Waals surface area contributed by atoms with Gasteiger partial charge in [-0.25, -0.2) is 4.79 Å². The smallest absolute Gasteiger partial charge is 0.335 e. The Labute approximate surface area is 118 Å². The average molecular weight is 270 g/mol. The zero-order valence-corrected chi connectivity index (χ0v) is 11.6. The molecule has 1 N–H and O–H groups in total. The molecule has 0 unspecified atom stereocenters. The van der Waals surface area contributed by atoms with Crippen molar-refractivity contribution in [3.8, 4) is 0 Å². The number of fused-ring (bicyclic) bond motifs is 1. The molecular formula is C16H18N2O2. The maximum atomic E-state index is 11.1. The van der Waals surface area contributed by atoms with Gasteiger partial charge in [-0.15, -0.1) is 0 Å². The largest absolute Gasteiger partial charge is 0.478 e. The SMILES string of the molecule is Cc1cc(N2CCCCC2)c2ccc(C(=O)O)cc2n1. The van der Waals surface area contributed by atoms with E-state index in [9.17, 15) is 4.79 Å². The molecule has 104 valence electrons. The molecule has 1 aliphatic rings. The zero-order valence-electron chi connectivity index (χ0n) is 11.6. The van der Waals surface area contributed by atoms with E-state index in [1.54, 1.807) is 12.1 Å². The number of anilines is 1. The molecule has 1 fully saturated rings. The number of benzene rings is 1. The van der Waals surface area contributed by atoms with Crippen LogP contribution in [0.5, 0.6) is 0 Å². The summed E-state index contributed by atoms with van der Waals surface area (Å²) in [5, 5.41) is 10.1. The van der Waals surface area contributed by atoms with Crippen molar-refractivity contribution in [2.45, 2.75) is 26.2 Å². The molecule has 2 aromatic rings. The molecule has 0 aliphatic carbocycles. The number of piperidine rings is 1. The van der Waals surface area contributed by atoms with Gasteiger partial charge in [0.25, 0.3) is 0 Å². The maximum absolute atomic E-state index is 11.1. The summed E-state index contributed by atoms with van der Waals surface area (Å²) in [6.45, 7) is 4.10. The fraction of sp³-hybridized carbons (Fsp3) is 0.375. The summed E-state index contributed by atoms with van der Waals surface area (Å²) in [7, 11) is 0. The Balaban J connectivity index is 2.13. The second-order valence-corrected chi connectivity index (χ2v) is 5.37. The van der Waals surface area contributed by atoms with Crippen LogP contribution in [0.2, 0.25) is 0 Å². The van der Waals surface area contributed by atoms with Crippen LogP contribution in [0.4, 0.5) is 5.69 Å². The van der Waals surface area contributed by atoms with Gasteiger partial charge in [-0.1, -0.05) is 0 Å². The predicted molar refractivity (Wildman–Crippen MR) is 79.5 cm³/mol. The maximum Gasteiger partial charge on any atom is 0.335 e. The fourth-order valence-corrected chi connectivity index (χ4v) is 2.87. The summed E-state index contributed by atoms with van der Waals surface area (Å²) >= 11 is 0. The standard InChI is InChI=1S/C16H18N2O2/c1-11-9-15(18-7-3-2-4-8-18)13-6-5-12(16(19)20)10-14(13)17-11/h5-6,9-10H,2-4,7-8H2,1H3,(H,19,20). The molecule has 0 amide bonds. The molecular weight excluding hydrogens is 252 g/mol. The van der Waals surface area contributed by atoms with Crippen molar-refractivity contribution in [3.63, 3.8) is 0 Å². The molecule has 1 saturated heterocycles. The van der Waals surface area contributed by atoms with Crippen LogP contribution in [0.3, 0.4) is 0 Å². The lowest BCUT2D eigenvalue weighted by Crippen LogP contribution is -2.29. The Bertz CT molecular complexity index is 661. The van der Waals surface area contributed by atoms with Crippen molar-refractivity contribution in [1.29, 1.82) is 0 Å². The van der Waals surface area contributed by atoms with Crippen LogP contribution in [0.1, 0.15) is 35.3 Å². The molecule has 1 aliphatic heterocycles. The molecule has 0 saturated carbocycles. The van der Waals surface area contributed by atoms with Crippen LogP contribution >= 0.6 is 0 Å². The molecule has 4 nitrogen and oxygen atoms in total. The van der Waals surface area contributed by atoms with Gasteiger partial charge >= 0.3 is 5.97 Å².